The fourth-order valence-corrected chi connectivity index (χ4v) is 1.95. The van der Waals surface area contributed by atoms with Crippen molar-refractivity contribution < 1.29 is 0 Å². The van der Waals surface area contributed by atoms with E-state index in [1.165, 1.54) is 11.3 Å². The van der Waals surface area contributed by atoms with Gasteiger partial charge in [0, 0.05) is 30.3 Å². The van der Waals surface area contributed by atoms with E-state index in [9.17, 15) is 0 Å². The minimum Gasteiger partial charge on any atom is -0.315 e. The first-order chi connectivity index (χ1) is 7.93. The van der Waals surface area contributed by atoms with E-state index in [-0.39, 0.29) is 12.4 Å². The average Bonchev–Trinajstić information content (AvgIpc) is 2.28. The monoisotopic (exact) mass is 246 g/mol. The Bertz CT molecular complexity index is 481. The van der Waals surface area contributed by atoms with Crippen molar-refractivity contribution in [1.82, 2.24) is 10.3 Å². The van der Waals surface area contributed by atoms with Gasteiger partial charge in [0.25, 0.3) is 0 Å². The minimum absolute atomic E-state index is 0. The summed E-state index contributed by atoms with van der Waals surface area (Å²) in [6, 6.07) is 16.6. The highest BCUT2D eigenvalue weighted by Gasteiger charge is 2.20. The molecule has 1 aromatic heterocycles. The van der Waals surface area contributed by atoms with Gasteiger partial charge in [-0.05, 0) is 12.1 Å². The first-order valence-corrected chi connectivity index (χ1v) is 5.66. The lowest BCUT2D eigenvalue weighted by Crippen LogP contribution is -2.40. The third kappa shape index (κ3) is 2.48. The lowest BCUT2D eigenvalue weighted by Gasteiger charge is -2.26. The molecule has 1 fully saturated rings. The SMILES string of the molecule is Cl.c1ccc(-c2cccc(C3CNC3)n2)cc1. The van der Waals surface area contributed by atoms with Gasteiger partial charge in [-0.15, -0.1) is 12.4 Å². The molecule has 0 radical (unpaired) electrons. The van der Waals surface area contributed by atoms with E-state index in [4.69, 9.17) is 4.98 Å². The van der Waals surface area contributed by atoms with Crippen molar-refractivity contribution in [3.63, 3.8) is 0 Å². The predicted molar refractivity (Wildman–Crippen MR) is 72.5 cm³/mol. The molecule has 2 nitrogen and oxygen atoms in total. The van der Waals surface area contributed by atoms with Gasteiger partial charge in [-0.3, -0.25) is 4.98 Å². The number of nitrogens with zero attached hydrogens (tertiary/aromatic N) is 1. The molecule has 0 saturated carbocycles. The Morgan fingerprint density at radius 3 is 2.35 bits per heavy atom. The molecule has 0 bridgehead atoms. The first kappa shape index (κ1) is 12.1. The van der Waals surface area contributed by atoms with Crippen LogP contribution in [0.25, 0.3) is 11.3 Å². The van der Waals surface area contributed by atoms with Gasteiger partial charge in [0.1, 0.15) is 0 Å². The van der Waals surface area contributed by atoms with E-state index < -0.39 is 0 Å². The van der Waals surface area contributed by atoms with Gasteiger partial charge >= 0.3 is 0 Å². The zero-order chi connectivity index (χ0) is 10.8. The number of aromatic nitrogens is 1. The van der Waals surface area contributed by atoms with Crippen LogP contribution in [0.2, 0.25) is 0 Å². The van der Waals surface area contributed by atoms with E-state index in [1.54, 1.807) is 0 Å². The summed E-state index contributed by atoms with van der Waals surface area (Å²) in [6.45, 7) is 2.12. The van der Waals surface area contributed by atoms with Crippen LogP contribution >= 0.6 is 12.4 Å². The molecule has 2 aromatic rings. The summed E-state index contributed by atoms with van der Waals surface area (Å²) < 4.78 is 0. The van der Waals surface area contributed by atoms with Gasteiger partial charge < -0.3 is 5.32 Å². The molecule has 17 heavy (non-hydrogen) atoms. The van der Waals surface area contributed by atoms with E-state index in [2.05, 4.69) is 47.8 Å². The van der Waals surface area contributed by atoms with Gasteiger partial charge in [-0.25, -0.2) is 0 Å². The molecule has 1 aliphatic rings. The second-order valence-electron chi connectivity index (χ2n) is 4.17. The third-order valence-electron chi connectivity index (χ3n) is 3.04. The Morgan fingerprint density at radius 1 is 0.941 bits per heavy atom. The molecule has 3 rings (SSSR count). The van der Waals surface area contributed by atoms with Crippen molar-refractivity contribution >= 4 is 12.4 Å². The van der Waals surface area contributed by atoms with Gasteiger partial charge in [-0.2, -0.15) is 0 Å². The second kappa shape index (κ2) is 5.30. The highest BCUT2D eigenvalue weighted by atomic mass is 35.5. The largest absolute Gasteiger partial charge is 0.315 e. The van der Waals surface area contributed by atoms with E-state index in [0.29, 0.717) is 5.92 Å². The molecule has 0 aliphatic carbocycles. The Morgan fingerprint density at radius 2 is 1.71 bits per heavy atom. The van der Waals surface area contributed by atoms with Crippen LogP contribution in [0.5, 0.6) is 0 Å². The number of hydrogen-bond acceptors (Lipinski definition) is 2. The van der Waals surface area contributed by atoms with Gasteiger partial charge in [0.2, 0.25) is 0 Å². The predicted octanol–water partition coefficient (Wildman–Crippen LogP) is 2.86. The van der Waals surface area contributed by atoms with Crippen molar-refractivity contribution in [2.24, 2.45) is 0 Å². The van der Waals surface area contributed by atoms with Gasteiger partial charge in [-0.1, -0.05) is 36.4 Å². The van der Waals surface area contributed by atoms with Crippen LogP contribution in [0.1, 0.15) is 11.6 Å². The molecule has 88 valence electrons. The van der Waals surface area contributed by atoms with Crippen molar-refractivity contribution in [1.29, 1.82) is 0 Å². The lowest BCUT2D eigenvalue weighted by molar-refractivity contribution is 0.440. The number of hydrogen-bond donors (Lipinski definition) is 1. The standard InChI is InChI=1S/C14H14N2.ClH/c1-2-5-11(6-3-1)13-7-4-8-14(16-13)12-9-15-10-12;/h1-8,12,15H,9-10H2;1H. The molecule has 1 N–H and O–H groups in total. The zero-order valence-corrected chi connectivity index (χ0v) is 10.3. The molecule has 3 heteroatoms. The lowest BCUT2D eigenvalue weighted by atomic mass is 9.98. The summed E-state index contributed by atoms with van der Waals surface area (Å²) in [7, 11) is 0. The van der Waals surface area contributed by atoms with E-state index >= 15 is 0 Å². The highest BCUT2D eigenvalue weighted by Crippen LogP contribution is 2.22. The van der Waals surface area contributed by atoms with Gasteiger partial charge in [0.05, 0.1) is 5.69 Å². The minimum atomic E-state index is 0. The Kier molecular flexibility index (Phi) is 3.77. The van der Waals surface area contributed by atoms with Crippen LogP contribution in [0, 0.1) is 0 Å². The number of rotatable bonds is 2. The van der Waals surface area contributed by atoms with Crippen molar-refractivity contribution in [2.75, 3.05) is 13.1 Å². The maximum absolute atomic E-state index is 4.72. The summed E-state index contributed by atoms with van der Waals surface area (Å²) in [5.41, 5.74) is 3.47. The molecule has 0 atom stereocenters. The molecule has 1 aromatic carbocycles. The molecular weight excluding hydrogens is 232 g/mol. The molecule has 0 spiro atoms. The fraction of sp³-hybridized carbons (Fsp3) is 0.214. The highest BCUT2D eigenvalue weighted by molar-refractivity contribution is 5.85. The molecule has 0 amide bonds. The van der Waals surface area contributed by atoms with Crippen LogP contribution in [-0.4, -0.2) is 18.1 Å². The normalized spacial score (nSPS) is 14.8. The summed E-state index contributed by atoms with van der Waals surface area (Å²) in [5.74, 6) is 0.601. The molecular formula is C14H15ClN2. The molecule has 2 heterocycles. The first-order valence-electron chi connectivity index (χ1n) is 5.66. The van der Waals surface area contributed by atoms with Gasteiger partial charge in [0.15, 0.2) is 0 Å². The van der Waals surface area contributed by atoms with Crippen LogP contribution in [0.4, 0.5) is 0 Å². The number of nitrogens with one attached hydrogen (secondary N) is 1. The molecule has 1 saturated heterocycles. The average molecular weight is 247 g/mol. The summed E-state index contributed by atoms with van der Waals surface area (Å²) in [6.07, 6.45) is 0. The summed E-state index contributed by atoms with van der Waals surface area (Å²) in [4.78, 5) is 4.72. The van der Waals surface area contributed by atoms with Crippen LogP contribution in [0.15, 0.2) is 48.5 Å². The third-order valence-corrected chi connectivity index (χ3v) is 3.04. The summed E-state index contributed by atoms with van der Waals surface area (Å²) >= 11 is 0. The zero-order valence-electron chi connectivity index (χ0n) is 9.47. The van der Waals surface area contributed by atoms with Crippen molar-refractivity contribution in [3.05, 3.63) is 54.2 Å². The smallest absolute Gasteiger partial charge is 0.0705 e. The van der Waals surface area contributed by atoms with E-state index in [1.807, 2.05) is 6.07 Å². The topological polar surface area (TPSA) is 24.9 Å². The summed E-state index contributed by atoms with van der Waals surface area (Å²) in [5, 5.41) is 3.28. The van der Waals surface area contributed by atoms with Crippen molar-refractivity contribution in [3.8, 4) is 11.3 Å². The van der Waals surface area contributed by atoms with E-state index in [0.717, 1.165) is 18.8 Å². The molecule has 0 unspecified atom stereocenters. The van der Waals surface area contributed by atoms with Crippen LogP contribution < -0.4 is 5.32 Å². The number of halogens is 1. The maximum Gasteiger partial charge on any atom is 0.0705 e. The van der Waals surface area contributed by atoms with Crippen LogP contribution in [0.3, 0.4) is 0 Å². The second-order valence-corrected chi connectivity index (χ2v) is 4.17. The number of benzene rings is 1. The Balaban J connectivity index is 0.00000108. The Hall–Kier alpha value is -1.38. The quantitative estimate of drug-likeness (QED) is 0.882. The Labute approximate surface area is 108 Å². The fourth-order valence-electron chi connectivity index (χ4n) is 1.95. The number of pyridine rings is 1. The molecule has 1 aliphatic heterocycles. The maximum atomic E-state index is 4.72. The van der Waals surface area contributed by atoms with Crippen LogP contribution in [-0.2, 0) is 0 Å². The van der Waals surface area contributed by atoms with Crippen molar-refractivity contribution in [2.45, 2.75) is 5.92 Å².